The zero-order valence-electron chi connectivity index (χ0n) is 6.36. The molecule has 13 heavy (non-hydrogen) atoms. The molecule has 0 heterocycles. The Morgan fingerprint density at radius 1 is 1.38 bits per heavy atom. The molecule has 0 aliphatic heterocycles. The fourth-order valence-corrected chi connectivity index (χ4v) is 1.16. The van der Waals surface area contributed by atoms with Gasteiger partial charge in [-0.25, -0.2) is 0 Å². The molecule has 0 spiro atoms. The molecular formula is C8H5F3IO. The number of hydrogen-bond acceptors (Lipinski definition) is 1. The first-order valence-corrected chi connectivity index (χ1v) is 4.41. The SMILES string of the molecule is FC(F)(F)COc1c[c]cc(I)c1. The first-order chi connectivity index (χ1) is 5.97. The number of ether oxygens (including phenoxy) is 1. The fourth-order valence-electron chi connectivity index (χ4n) is 0.671. The third kappa shape index (κ3) is 4.35. The van der Waals surface area contributed by atoms with Crippen molar-refractivity contribution in [1.82, 2.24) is 0 Å². The molecule has 1 nitrogen and oxygen atoms in total. The normalized spacial score (nSPS) is 11.4. The van der Waals surface area contributed by atoms with Crippen LogP contribution in [0.5, 0.6) is 5.75 Å². The van der Waals surface area contributed by atoms with Crippen LogP contribution >= 0.6 is 22.6 Å². The molecule has 0 aliphatic carbocycles. The van der Waals surface area contributed by atoms with Crippen molar-refractivity contribution in [2.24, 2.45) is 0 Å². The third-order valence-corrected chi connectivity index (χ3v) is 1.75. The van der Waals surface area contributed by atoms with Gasteiger partial charge in [-0.15, -0.1) is 0 Å². The maximum absolute atomic E-state index is 11.7. The second-order valence-corrected chi connectivity index (χ2v) is 3.54. The molecule has 0 saturated carbocycles. The van der Waals surface area contributed by atoms with Gasteiger partial charge in [0.2, 0.25) is 0 Å². The summed E-state index contributed by atoms with van der Waals surface area (Å²) in [6, 6.07) is 7.21. The maximum atomic E-state index is 11.7. The van der Waals surface area contributed by atoms with Crippen molar-refractivity contribution >= 4 is 22.6 Å². The van der Waals surface area contributed by atoms with E-state index >= 15 is 0 Å². The van der Waals surface area contributed by atoms with Crippen LogP contribution in [0, 0.1) is 9.64 Å². The Hall–Kier alpha value is -0.460. The molecular weight excluding hydrogens is 296 g/mol. The third-order valence-electron chi connectivity index (χ3n) is 1.13. The fraction of sp³-hybridized carbons (Fsp3) is 0.250. The first-order valence-electron chi connectivity index (χ1n) is 3.33. The minimum atomic E-state index is -4.29. The lowest BCUT2D eigenvalue weighted by Gasteiger charge is -2.08. The lowest BCUT2D eigenvalue weighted by Crippen LogP contribution is -2.19. The second-order valence-electron chi connectivity index (χ2n) is 2.29. The van der Waals surface area contributed by atoms with Gasteiger partial charge in [-0.3, -0.25) is 0 Å². The molecule has 5 heteroatoms. The molecule has 1 radical (unpaired) electrons. The Bertz CT molecular complexity index is 285. The van der Waals surface area contributed by atoms with Gasteiger partial charge < -0.3 is 4.74 Å². The van der Waals surface area contributed by atoms with E-state index in [9.17, 15) is 13.2 Å². The summed E-state index contributed by atoms with van der Waals surface area (Å²) in [5, 5.41) is 0. The highest BCUT2D eigenvalue weighted by Crippen LogP contribution is 2.19. The number of rotatable bonds is 2. The van der Waals surface area contributed by atoms with Gasteiger partial charge in [-0.1, -0.05) is 0 Å². The molecule has 0 N–H and O–H groups in total. The van der Waals surface area contributed by atoms with Crippen molar-refractivity contribution in [3.05, 3.63) is 27.8 Å². The van der Waals surface area contributed by atoms with Crippen LogP contribution in [0.1, 0.15) is 0 Å². The standard InChI is InChI=1S/C8H5F3IO/c9-8(10,11)5-13-7-3-1-2-6(12)4-7/h2-4H,5H2. The number of alkyl halides is 3. The van der Waals surface area contributed by atoms with Crippen LogP contribution in [0.3, 0.4) is 0 Å². The predicted octanol–water partition coefficient (Wildman–Crippen LogP) is 3.03. The van der Waals surface area contributed by atoms with E-state index in [0.717, 1.165) is 3.57 Å². The van der Waals surface area contributed by atoms with Crippen molar-refractivity contribution in [3.63, 3.8) is 0 Å². The summed E-state index contributed by atoms with van der Waals surface area (Å²) in [6.07, 6.45) is -4.29. The van der Waals surface area contributed by atoms with E-state index in [4.69, 9.17) is 0 Å². The molecule has 0 atom stereocenters. The highest BCUT2D eigenvalue weighted by molar-refractivity contribution is 14.1. The van der Waals surface area contributed by atoms with Gasteiger partial charge >= 0.3 is 6.18 Å². The molecule has 1 aromatic carbocycles. The topological polar surface area (TPSA) is 9.23 Å². The van der Waals surface area contributed by atoms with E-state index in [0.29, 0.717) is 0 Å². The monoisotopic (exact) mass is 301 g/mol. The lowest BCUT2D eigenvalue weighted by molar-refractivity contribution is -0.153. The minimum absolute atomic E-state index is 0.184. The Labute approximate surface area is 87.0 Å². The quantitative estimate of drug-likeness (QED) is 0.763. The molecule has 71 valence electrons. The van der Waals surface area contributed by atoms with Gasteiger partial charge in [0.05, 0.1) is 0 Å². The van der Waals surface area contributed by atoms with Crippen LogP contribution < -0.4 is 4.74 Å². The summed E-state index contributed by atoms with van der Waals surface area (Å²) in [4.78, 5) is 0. The van der Waals surface area contributed by atoms with Gasteiger partial charge in [0.1, 0.15) is 5.75 Å². The Kier molecular flexibility index (Phi) is 3.40. The van der Waals surface area contributed by atoms with Crippen LogP contribution in [0.2, 0.25) is 0 Å². The van der Waals surface area contributed by atoms with E-state index in [1.54, 1.807) is 6.07 Å². The van der Waals surface area contributed by atoms with Crippen LogP contribution in [-0.4, -0.2) is 12.8 Å². The van der Waals surface area contributed by atoms with Crippen molar-refractivity contribution in [2.75, 3.05) is 6.61 Å². The summed E-state index contributed by atoms with van der Waals surface area (Å²) >= 11 is 1.97. The second kappa shape index (κ2) is 4.17. The molecule has 1 aromatic rings. The van der Waals surface area contributed by atoms with E-state index < -0.39 is 12.8 Å². The Morgan fingerprint density at radius 2 is 2.08 bits per heavy atom. The van der Waals surface area contributed by atoms with Gasteiger partial charge in [0, 0.05) is 3.57 Å². The van der Waals surface area contributed by atoms with E-state index in [2.05, 4.69) is 10.8 Å². The van der Waals surface area contributed by atoms with Crippen molar-refractivity contribution < 1.29 is 17.9 Å². The summed E-state index contributed by atoms with van der Waals surface area (Å²) in [7, 11) is 0. The first kappa shape index (κ1) is 10.6. The molecule has 0 amide bonds. The molecule has 0 bridgehead atoms. The van der Waals surface area contributed by atoms with Gasteiger partial charge in [0.15, 0.2) is 6.61 Å². The molecule has 0 unspecified atom stereocenters. The molecule has 0 saturated heterocycles. The minimum Gasteiger partial charge on any atom is -0.484 e. The van der Waals surface area contributed by atoms with Crippen molar-refractivity contribution in [2.45, 2.75) is 6.18 Å². The largest absolute Gasteiger partial charge is 0.484 e. The van der Waals surface area contributed by atoms with Gasteiger partial charge in [-0.2, -0.15) is 13.2 Å². The van der Waals surface area contributed by atoms with Gasteiger partial charge in [0.25, 0.3) is 0 Å². The highest BCUT2D eigenvalue weighted by Gasteiger charge is 2.28. The zero-order valence-corrected chi connectivity index (χ0v) is 8.52. The summed E-state index contributed by atoms with van der Waals surface area (Å²) in [5.41, 5.74) is 0. The Balaban J connectivity index is 2.55. The highest BCUT2D eigenvalue weighted by atomic mass is 127. The van der Waals surface area contributed by atoms with Crippen LogP contribution in [-0.2, 0) is 0 Å². The smallest absolute Gasteiger partial charge is 0.422 e. The van der Waals surface area contributed by atoms with Gasteiger partial charge in [-0.05, 0) is 46.9 Å². The van der Waals surface area contributed by atoms with Crippen molar-refractivity contribution in [1.29, 1.82) is 0 Å². The average Bonchev–Trinajstić information content (AvgIpc) is 2.00. The summed E-state index contributed by atoms with van der Waals surface area (Å²) in [5.74, 6) is 0.184. The molecule has 0 aliphatic rings. The van der Waals surface area contributed by atoms with E-state index in [1.807, 2.05) is 22.6 Å². The molecule has 0 fully saturated rings. The predicted molar refractivity (Wildman–Crippen MR) is 49.5 cm³/mol. The number of hydrogen-bond donors (Lipinski definition) is 0. The average molecular weight is 301 g/mol. The van der Waals surface area contributed by atoms with Crippen LogP contribution in [0.4, 0.5) is 13.2 Å². The Morgan fingerprint density at radius 3 is 2.62 bits per heavy atom. The zero-order chi connectivity index (χ0) is 9.90. The summed E-state index contributed by atoms with van der Waals surface area (Å²) < 4.78 is 40.4. The van der Waals surface area contributed by atoms with Crippen LogP contribution in [0.15, 0.2) is 18.2 Å². The number of halogens is 4. The van der Waals surface area contributed by atoms with E-state index in [-0.39, 0.29) is 5.75 Å². The van der Waals surface area contributed by atoms with Crippen molar-refractivity contribution in [3.8, 4) is 5.75 Å². The molecule has 1 rings (SSSR count). The molecule has 0 aromatic heterocycles. The summed E-state index contributed by atoms with van der Waals surface area (Å²) in [6.45, 7) is -1.26. The van der Waals surface area contributed by atoms with E-state index in [1.165, 1.54) is 12.1 Å². The maximum Gasteiger partial charge on any atom is 0.422 e. The number of benzene rings is 1. The van der Waals surface area contributed by atoms with Crippen LogP contribution in [0.25, 0.3) is 0 Å². The lowest BCUT2D eigenvalue weighted by atomic mass is 10.3.